The minimum absolute atomic E-state index is 0.0551. The normalized spacial score (nSPS) is 16.8. The van der Waals surface area contributed by atoms with Gasteiger partial charge in [0.25, 0.3) is 0 Å². The first kappa shape index (κ1) is 16.9. The van der Waals surface area contributed by atoms with Crippen LogP contribution in [0.3, 0.4) is 0 Å². The number of benzene rings is 1. The first-order valence-corrected chi connectivity index (χ1v) is 7.92. The molecule has 25 heavy (non-hydrogen) atoms. The van der Waals surface area contributed by atoms with E-state index in [9.17, 15) is 14.0 Å². The number of anilines is 1. The molecule has 130 valence electrons. The molecule has 1 aromatic carbocycles. The van der Waals surface area contributed by atoms with Crippen LogP contribution in [0, 0.1) is 5.82 Å². The van der Waals surface area contributed by atoms with Gasteiger partial charge in [-0.1, -0.05) is 12.1 Å². The summed E-state index contributed by atoms with van der Waals surface area (Å²) in [5.74, 6) is -0.0833. The van der Waals surface area contributed by atoms with Crippen LogP contribution in [0.1, 0.15) is 18.9 Å². The molecule has 1 unspecified atom stereocenters. The average Bonchev–Trinajstić information content (AvgIpc) is 2.94. The lowest BCUT2D eigenvalue weighted by Gasteiger charge is -2.17. The van der Waals surface area contributed by atoms with Crippen LogP contribution in [-0.4, -0.2) is 29.4 Å². The topological polar surface area (TPSA) is 71.5 Å². The Balaban J connectivity index is 1.59. The molecule has 1 aliphatic heterocycles. The second-order valence-corrected chi connectivity index (χ2v) is 5.88. The van der Waals surface area contributed by atoms with Gasteiger partial charge < -0.3 is 15.0 Å². The smallest absolute Gasteiger partial charge is 0.229 e. The molecule has 1 N–H and O–H groups in total. The fourth-order valence-corrected chi connectivity index (χ4v) is 2.70. The molecule has 3 rings (SSSR count). The molecule has 0 bridgehead atoms. The number of carbonyl (C=O) groups excluding carboxylic acids is 2. The number of nitrogens with zero attached hydrogens (tertiary/aromatic N) is 2. The number of carbonyl (C=O) groups is 2. The number of amides is 2. The summed E-state index contributed by atoms with van der Waals surface area (Å²) in [6.45, 7) is 2.14. The number of ether oxygens (including phenoxy) is 1. The quantitative estimate of drug-likeness (QED) is 0.902. The summed E-state index contributed by atoms with van der Waals surface area (Å²) in [5.41, 5.74) is 1.49. The minimum atomic E-state index is -0.293. The van der Waals surface area contributed by atoms with Crippen LogP contribution in [-0.2, 0) is 16.2 Å². The van der Waals surface area contributed by atoms with Crippen LogP contribution in [0.4, 0.5) is 10.1 Å². The Bertz CT molecular complexity index is 762. The number of halogens is 1. The number of pyridine rings is 1. The van der Waals surface area contributed by atoms with Crippen molar-refractivity contribution in [2.75, 3.05) is 11.4 Å². The van der Waals surface area contributed by atoms with E-state index in [0.717, 1.165) is 5.56 Å². The third kappa shape index (κ3) is 4.32. The lowest BCUT2D eigenvalue weighted by Crippen LogP contribution is -2.35. The molecule has 1 fully saturated rings. The molecule has 1 aromatic heterocycles. The van der Waals surface area contributed by atoms with E-state index < -0.39 is 0 Å². The van der Waals surface area contributed by atoms with Crippen LogP contribution in [0.5, 0.6) is 5.88 Å². The Labute approximate surface area is 144 Å². The number of rotatable bonds is 5. The predicted octanol–water partition coefficient (Wildman–Crippen LogP) is 2.04. The van der Waals surface area contributed by atoms with Gasteiger partial charge in [0.1, 0.15) is 12.4 Å². The number of aromatic nitrogens is 1. The van der Waals surface area contributed by atoms with Crippen LogP contribution >= 0.6 is 0 Å². The van der Waals surface area contributed by atoms with Crippen molar-refractivity contribution in [3.63, 3.8) is 0 Å². The maximum Gasteiger partial charge on any atom is 0.229 e. The highest BCUT2D eigenvalue weighted by Crippen LogP contribution is 2.22. The van der Waals surface area contributed by atoms with Crippen molar-refractivity contribution in [3.05, 3.63) is 54.0 Å². The van der Waals surface area contributed by atoms with E-state index in [-0.39, 0.29) is 36.7 Å². The highest BCUT2D eigenvalue weighted by Gasteiger charge is 2.31. The summed E-state index contributed by atoms with van der Waals surface area (Å²) >= 11 is 0. The predicted molar refractivity (Wildman–Crippen MR) is 89.5 cm³/mol. The van der Waals surface area contributed by atoms with E-state index in [1.165, 1.54) is 19.1 Å². The molecule has 1 saturated heterocycles. The molecule has 2 aromatic rings. The van der Waals surface area contributed by atoms with E-state index in [1.54, 1.807) is 35.4 Å². The number of hydrogen-bond donors (Lipinski definition) is 1. The minimum Gasteiger partial charge on any atom is -0.473 e. The van der Waals surface area contributed by atoms with Gasteiger partial charge in [0.05, 0.1) is 17.9 Å². The maximum atomic E-state index is 12.9. The summed E-state index contributed by atoms with van der Waals surface area (Å²) in [5, 5.41) is 2.75. The van der Waals surface area contributed by atoms with Gasteiger partial charge in [0.15, 0.2) is 0 Å². The average molecular weight is 343 g/mol. The van der Waals surface area contributed by atoms with Crippen molar-refractivity contribution < 1.29 is 18.7 Å². The lowest BCUT2D eigenvalue weighted by atomic mass is 10.2. The molecule has 2 amide bonds. The first-order valence-electron chi connectivity index (χ1n) is 7.92. The SMILES string of the molecule is CC(=O)NC1CC(=O)N(c2ccc(OCc3ccc(F)cc3)nc2)C1. The zero-order valence-electron chi connectivity index (χ0n) is 13.7. The van der Waals surface area contributed by atoms with Gasteiger partial charge in [-0.25, -0.2) is 9.37 Å². The van der Waals surface area contributed by atoms with Crippen molar-refractivity contribution >= 4 is 17.5 Å². The second-order valence-electron chi connectivity index (χ2n) is 5.88. The van der Waals surface area contributed by atoms with E-state index in [1.807, 2.05) is 0 Å². The van der Waals surface area contributed by atoms with Crippen LogP contribution in [0.2, 0.25) is 0 Å². The summed E-state index contributed by atoms with van der Waals surface area (Å²) in [4.78, 5) is 29.0. The standard InChI is InChI=1S/C18H18FN3O3/c1-12(23)21-15-8-18(24)22(10-15)16-6-7-17(20-9-16)25-11-13-2-4-14(19)5-3-13/h2-7,9,15H,8,10-11H2,1H3,(H,21,23). The van der Waals surface area contributed by atoms with E-state index in [4.69, 9.17) is 4.74 Å². The van der Waals surface area contributed by atoms with Crippen molar-refractivity contribution in [1.82, 2.24) is 10.3 Å². The molecule has 2 heterocycles. The lowest BCUT2D eigenvalue weighted by molar-refractivity contribution is -0.119. The zero-order valence-corrected chi connectivity index (χ0v) is 13.7. The fourth-order valence-electron chi connectivity index (χ4n) is 2.70. The van der Waals surface area contributed by atoms with Crippen molar-refractivity contribution in [3.8, 4) is 5.88 Å². The van der Waals surface area contributed by atoms with Gasteiger partial charge in [-0.05, 0) is 23.8 Å². The van der Waals surface area contributed by atoms with Gasteiger partial charge in [0, 0.05) is 26.0 Å². The highest BCUT2D eigenvalue weighted by molar-refractivity contribution is 5.96. The second kappa shape index (κ2) is 7.29. The van der Waals surface area contributed by atoms with Gasteiger partial charge >= 0.3 is 0 Å². The molecule has 0 radical (unpaired) electrons. The molecule has 1 atom stereocenters. The van der Waals surface area contributed by atoms with Crippen molar-refractivity contribution in [1.29, 1.82) is 0 Å². The monoisotopic (exact) mass is 343 g/mol. The number of nitrogens with one attached hydrogen (secondary N) is 1. The Morgan fingerprint density at radius 2 is 2.08 bits per heavy atom. The fraction of sp³-hybridized carbons (Fsp3) is 0.278. The molecule has 0 aliphatic carbocycles. The van der Waals surface area contributed by atoms with E-state index >= 15 is 0 Å². The molecule has 1 aliphatic rings. The summed E-state index contributed by atoms with van der Waals surface area (Å²) in [7, 11) is 0. The molecule has 0 spiro atoms. The van der Waals surface area contributed by atoms with Gasteiger partial charge in [0.2, 0.25) is 17.7 Å². The van der Waals surface area contributed by atoms with Gasteiger partial charge in [-0.3, -0.25) is 9.59 Å². The number of hydrogen-bond acceptors (Lipinski definition) is 4. The van der Waals surface area contributed by atoms with Gasteiger partial charge in [-0.2, -0.15) is 0 Å². The first-order chi connectivity index (χ1) is 12.0. The molecular formula is C18H18FN3O3. The van der Waals surface area contributed by atoms with Crippen LogP contribution < -0.4 is 15.0 Å². The Morgan fingerprint density at radius 3 is 2.72 bits per heavy atom. The molecule has 0 saturated carbocycles. The van der Waals surface area contributed by atoms with Crippen LogP contribution in [0.25, 0.3) is 0 Å². The Kier molecular flexibility index (Phi) is 4.92. The Hall–Kier alpha value is -2.96. The molecular weight excluding hydrogens is 325 g/mol. The van der Waals surface area contributed by atoms with E-state index in [2.05, 4.69) is 10.3 Å². The largest absolute Gasteiger partial charge is 0.473 e. The summed E-state index contributed by atoms with van der Waals surface area (Å²) in [6, 6.07) is 9.29. The summed E-state index contributed by atoms with van der Waals surface area (Å²) < 4.78 is 18.4. The Morgan fingerprint density at radius 1 is 1.32 bits per heavy atom. The van der Waals surface area contributed by atoms with Crippen molar-refractivity contribution in [2.45, 2.75) is 26.0 Å². The van der Waals surface area contributed by atoms with Crippen LogP contribution in [0.15, 0.2) is 42.6 Å². The van der Waals surface area contributed by atoms with Gasteiger partial charge in [-0.15, -0.1) is 0 Å². The van der Waals surface area contributed by atoms with Crippen molar-refractivity contribution in [2.24, 2.45) is 0 Å². The zero-order chi connectivity index (χ0) is 17.8. The summed E-state index contributed by atoms with van der Waals surface area (Å²) in [6.07, 6.45) is 1.84. The van der Waals surface area contributed by atoms with E-state index in [0.29, 0.717) is 18.1 Å². The third-order valence-corrected chi connectivity index (χ3v) is 3.86. The molecule has 6 nitrogen and oxygen atoms in total. The maximum absolute atomic E-state index is 12.9. The highest BCUT2D eigenvalue weighted by atomic mass is 19.1. The third-order valence-electron chi connectivity index (χ3n) is 3.86. The molecule has 7 heteroatoms.